The molecule has 21 heavy (non-hydrogen) atoms. The maximum absolute atomic E-state index is 11.9. The summed E-state index contributed by atoms with van der Waals surface area (Å²) < 4.78 is 10.9. The highest BCUT2D eigenvalue weighted by molar-refractivity contribution is 5.80. The predicted molar refractivity (Wildman–Crippen MR) is 81.0 cm³/mol. The Balaban J connectivity index is 1.60. The molecule has 0 aromatic heterocycles. The molecule has 5 nitrogen and oxygen atoms in total. The van der Waals surface area contributed by atoms with Crippen LogP contribution in [0.5, 0.6) is 0 Å². The normalized spacial score (nSPS) is 17.4. The highest BCUT2D eigenvalue weighted by atomic mass is 16.5. The van der Waals surface area contributed by atoms with Gasteiger partial charge in [-0.2, -0.15) is 0 Å². The largest absolute Gasteiger partial charge is 0.379 e. The number of benzene rings is 1. The standard InChI is InChI=1S/C16H24N2O3/c1-14(21-13-15-5-3-2-4-6-15)16(19)17-7-8-18-9-11-20-12-10-18/h2-6,14H,7-13H2,1H3,(H,17,19)/t14-/m1/s1. The first kappa shape index (κ1) is 15.9. The molecule has 1 N–H and O–H groups in total. The smallest absolute Gasteiger partial charge is 0.248 e. The lowest BCUT2D eigenvalue weighted by Gasteiger charge is -2.26. The van der Waals surface area contributed by atoms with Gasteiger partial charge in [0.15, 0.2) is 0 Å². The average Bonchev–Trinajstić information content (AvgIpc) is 2.54. The van der Waals surface area contributed by atoms with Crippen LogP contribution in [-0.2, 0) is 20.9 Å². The van der Waals surface area contributed by atoms with Crippen molar-refractivity contribution in [1.82, 2.24) is 10.2 Å². The minimum atomic E-state index is -0.435. The number of hydrogen-bond donors (Lipinski definition) is 1. The van der Waals surface area contributed by atoms with E-state index in [0.29, 0.717) is 13.2 Å². The van der Waals surface area contributed by atoms with Crippen LogP contribution in [0.25, 0.3) is 0 Å². The van der Waals surface area contributed by atoms with Gasteiger partial charge in [0, 0.05) is 26.2 Å². The Morgan fingerprint density at radius 2 is 2.05 bits per heavy atom. The molecule has 1 heterocycles. The summed E-state index contributed by atoms with van der Waals surface area (Å²) in [7, 11) is 0. The Morgan fingerprint density at radius 1 is 1.33 bits per heavy atom. The Hall–Kier alpha value is -1.43. The van der Waals surface area contributed by atoms with Crippen molar-refractivity contribution >= 4 is 5.91 Å². The zero-order valence-corrected chi connectivity index (χ0v) is 12.6. The summed E-state index contributed by atoms with van der Waals surface area (Å²) >= 11 is 0. The molecule has 1 aromatic rings. The first-order chi connectivity index (χ1) is 10.3. The fraction of sp³-hybridized carbons (Fsp3) is 0.562. The summed E-state index contributed by atoms with van der Waals surface area (Å²) in [5, 5.41) is 2.92. The highest BCUT2D eigenvalue weighted by Crippen LogP contribution is 2.03. The van der Waals surface area contributed by atoms with Gasteiger partial charge in [0.1, 0.15) is 6.10 Å². The first-order valence-electron chi connectivity index (χ1n) is 7.49. The van der Waals surface area contributed by atoms with E-state index in [4.69, 9.17) is 9.47 Å². The van der Waals surface area contributed by atoms with Gasteiger partial charge in [-0.05, 0) is 12.5 Å². The monoisotopic (exact) mass is 292 g/mol. The van der Waals surface area contributed by atoms with Gasteiger partial charge in [0.25, 0.3) is 0 Å². The van der Waals surface area contributed by atoms with Crippen LogP contribution >= 0.6 is 0 Å². The van der Waals surface area contributed by atoms with Gasteiger partial charge in [0.2, 0.25) is 5.91 Å². The van der Waals surface area contributed by atoms with E-state index in [1.165, 1.54) is 0 Å². The minimum Gasteiger partial charge on any atom is -0.379 e. The molecule has 0 bridgehead atoms. The lowest BCUT2D eigenvalue weighted by molar-refractivity contribution is -0.132. The van der Waals surface area contributed by atoms with E-state index in [2.05, 4.69) is 10.2 Å². The maximum Gasteiger partial charge on any atom is 0.248 e. The van der Waals surface area contributed by atoms with Gasteiger partial charge in [0.05, 0.1) is 19.8 Å². The van der Waals surface area contributed by atoms with Crippen LogP contribution in [-0.4, -0.2) is 56.3 Å². The molecule has 1 atom stereocenters. The quantitative estimate of drug-likeness (QED) is 0.816. The molecular weight excluding hydrogens is 268 g/mol. The lowest BCUT2D eigenvalue weighted by Crippen LogP contribution is -2.43. The molecule has 0 saturated carbocycles. The molecule has 1 saturated heterocycles. The summed E-state index contributed by atoms with van der Waals surface area (Å²) in [6.07, 6.45) is -0.435. The Morgan fingerprint density at radius 3 is 2.76 bits per heavy atom. The van der Waals surface area contributed by atoms with E-state index < -0.39 is 6.10 Å². The van der Waals surface area contributed by atoms with Gasteiger partial charge in [-0.25, -0.2) is 0 Å². The minimum absolute atomic E-state index is 0.0563. The highest BCUT2D eigenvalue weighted by Gasteiger charge is 2.14. The third-order valence-electron chi connectivity index (χ3n) is 3.54. The van der Waals surface area contributed by atoms with Crippen molar-refractivity contribution in [2.75, 3.05) is 39.4 Å². The maximum atomic E-state index is 11.9. The van der Waals surface area contributed by atoms with Crippen molar-refractivity contribution in [2.45, 2.75) is 19.6 Å². The number of carbonyl (C=O) groups excluding carboxylic acids is 1. The van der Waals surface area contributed by atoms with Crippen molar-refractivity contribution in [3.05, 3.63) is 35.9 Å². The van der Waals surface area contributed by atoms with Gasteiger partial charge < -0.3 is 14.8 Å². The number of morpholine rings is 1. The van der Waals surface area contributed by atoms with E-state index in [1.807, 2.05) is 30.3 Å². The molecule has 0 aliphatic carbocycles. The summed E-state index contributed by atoms with van der Waals surface area (Å²) in [4.78, 5) is 14.2. The molecular formula is C16H24N2O3. The summed E-state index contributed by atoms with van der Waals surface area (Å²) in [6, 6.07) is 9.87. The van der Waals surface area contributed by atoms with E-state index in [9.17, 15) is 4.79 Å². The van der Waals surface area contributed by atoms with E-state index in [1.54, 1.807) is 6.92 Å². The topological polar surface area (TPSA) is 50.8 Å². The third kappa shape index (κ3) is 5.83. The second-order valence-corrected chi connectivity index (χ2v) is 5.18. The summed E-state index contributed by atoms with van der Waals surface area (Å²) in [5.41, 5.74) is 1.07. The number of rotatable bonds is 7. The second kappa shape index (κ2) is 8.77. The zero-order chi connectivity index (χ0) is 14.9. The average molecular weight is 292 g/mol. The second-order valence-electron chi connectivity index (χ2n) is 5.18. The first-order valence-corrected chi connectivity index (χ1v) is 7.49. The van der Waals surface area contributed by atoms with E-state index >= 15 is 0 Å². The predicted octanol–water partition coefficient (Wildman–Crippen LogP) is 1.04. The molecule has 0 spiro atoms. The van der Waals surface area contributed by atoms with Crippen LogP contribution in [0.4, 0.5) is 0 Å². The van der Waals surface area contributed by atoms with Crippen molar-refractivity contribution in [3.63, 3.8) is 0 Å². The molecule has 1 amide bonds. The van der Waals surface area contributed by atoms with Crippen LogP contribution in [0.1, 0.15) is 12.5 Å². The number of hydrogen-bond acceptors (Lipinski definition) is 4. The Bertz CT molecular complexity index is 419. The zero-order valence-electron chi connectivity index (χ0n) is 12.6. The molecule has 1 fully saturated rings. The molecule has 5 heteroatoms. The summed E-state index contributed by atoms with van der Waals surface area (Å²) in [6.45, 7) is 7.20. The van der Waals surface area contributed by atoms with Crippen LogP contribution in [0.3, 0.4) is 0 Å². The molecule has 1 aliphatic heterocycles. The third-order valence-corrected chi connectivity index (χ3v) is 3.54. The molecule has 2 rings (SSSR count). The van der Waals surface area contributed by atoms with Gasteiger partial charge in [-0.3, -0.25) is 9.69 Å². The van der Waals surface area contributed by atoms with Crippen molar-refractivity contribution in [3.8, 4) is 0 Å². The summed E-state index contributed by atoms with van der Waals surface area (Å²) in [5.74, 6) is -0.0563. The SMILES string of the molecule is C[C@@H](OCc1ccccc1)C(=O)NCCN1CCOCC1. The lowest BCUT2D eigenvalue weighted by atomic mass is 10.2. The van der Waals surface area contributed by atoms with Crippen molar-refractivity contribution < 1.29 is 14.3 Å². The van der Waals surface area contributed by atoms with Gasteiger partial charge in [-0.15, -0.1) is 0 Å². The number of nitrogens with zero attached hydrogens (tertiary/aromatic N) is 1. The fourth-order valence-electron chi connectivity index (χ4n) is 2.18. The van der Waals surface area contributed by atoms with E-state index in [-0.39, 0.29) is 5.91 Å². The van der Waals surface area contributed by atoms with Gasteiger partial charge >= 0.3 is 0 Å². The molecule has 1 aromatic carbocycles. The molecule has 1 aliphatic rings. The number of carbonyl (C=O) groups is 1. The van der Waals surface area contributed by atoms with Crippen LogP contribution in [0.15, 0.2) is 30.3 Å². The molecule has 0 radical (unpaired) electrons. The molecule has 0 unspecified atom stereocenters. The van der Waals surface area contributed by atoms with Crippen LogP contribution in [0, 0.1) is 0 Å². The van der Waals surface area contributed by atoms with Crippen LogP contribution < -0.4 is 5.32 Å². The number of amides is 1. The number of ether oxygens (including phenoxy) is 2. The Labute approximate surface area is 126 Å². The number of nitrogens with one attached hydrogen (secondary N) is 1. The van der Waals surface area contributed by atoms with Crippen molar-refractivity contribution in [1.29, 1.82) is 0 Å². The van der Waals surface area contributed by atoms with Crippen LogP contribution in [0.2, 0.25) is 0 Å². The Kier molecular flexibility index (Phi) is 6.66. The van der Waals surface area contributed by atoms with E-state index in [0.717, 1.165) is 38.4 Å². The molecule has 116 valence electrons. The van der Waals surface area contributed by atoms with Gasteiger partial charge in [-0.1, -0.05) is 30.3 Å². The van der Waals surface area contributed by atoms with Crippen molar-refractivity contribution in [2.24, 2.45) is 0 Å². The fourth-order valence-corrected chi connectivity index (χ4v) is 2.18.